The normalized spacial score (nSPS) is 13.6. The molecule has 8 nitrogen and oxygen atoms in total. The van der Waals surface area contributed by atoms with Crippen molar-refractivity contribution in [3.63, 3.8) is 0 Å². The van der Waals surface area contributed by atoms with Crippen molar-refractivity contribution in [3.05, 3.63) is 71.8 Å². The number of carboxylic acids is 1. The monoisotopic (exact) mass is 440 g/mol. The van der Waals surface area contributed by atoms with Gasteiger partial charge in [-0.05, 0) is 30.5 Å². The lowest BCUT2D eigenvalue weighted by atomic mass is 10.0. The van der Waals surface area contributed by atoms with Crippen molar-refractivity contribution in [2.24, 2.45) is 11.5 Å². The summed E-state index contributed by atoms with van der Waals surface area (Å²) in [6.45, 7) is 0.519. The number of benzene rings is 2. The van der Waals surface area contributed by atoms with Gasteiger partial charge in [0.05, 0.1) is 6.04 Å². The molecule has 0 radical (unpaired) electrons. The maximum absolute atomic E-state index is 13.0. The summed E-state index contributed by atoms with van der Waals surface area (Å²) in [6.07, 6.45) is 2.26. The standard InChI is InChI=1S/C24H32N4O4/c25-14-8-7-13-19(26)22(29)27-20(15-17-9-3-1-4-10-17)23(30)28-21(24(31)32)16-18-11-5-2-6-12-18/h1-6,9-12,19-21H,7-8,13-16,25-26H2,(H,27,29)(H,28,30)(H,31,32). The molecule has 0 saturated carbocycles. The van der Waals surface area contributed by atoms with Crippen LogP contribution in [0.15, 0.2) is 60.7 Å². The molecule has 3 unspecified atom stereocenters. The molecule has 0 fully saturated rings. The fourth-order valence-electron chi connectivity index (χ4n) is 3.30. The number of carboxylic acid groups (broad SMARTS) is 1. The van der Waals surface area contributed by atoms with Crippen LogP contribution in [-0.4, -0.2) is 47.6 Å². The minimum absolute atomic E-state index is 0.131. The predicted octanol–water partition coefficient (Wildman–Crippen LogP) is 0.982. The Balaban J connectivity index is 2.11. The maximum atomic E-state index is 13.0. The van der Waals surface area contributed by atoms with E-state index in [-0.39, 0.29) is 12.8 Å². The minimum Gasteiger partial charge on any atom is -0.480 e. The summed E-state index contributed by atoms with van der Waals surface area (Å²) in [5.41, 5.74) is 13.1. The SMILES string of the molecule is NCCCCC(N)C(=O)NC(Cc1ccccc1)C(=O)NC(Cc1ccccc1)C(=O)O. The lowest BCUT2D eigenvalue weighted by molar-refractivity contribution is -0.142. The van der Waals surface area contributed by atoms with Crippen LogP contribution in [-0.2, 0) is 27.2 Å². The van der Waals surface area contributed by atoms with E-state index in [1.807, 2.05) is 36.4 Å². The highest BCUT2D eigenvalue weighted by atomic mass is 16.4. The summed E-state index contributed by atoms with van der Waals surface area (Å²) in [5.74, 6) is -2.17. The smallest absolute Gasteiger partial charge is 0.326 e. The summed E-state index contributed by atoms with van der Waals surface area (Å²) in [6, 6.07) is 15.4. The molecular formula is C24H32N4O4. The first-order chi connectivity index (χ1) is 15.4. The molecule has 0 aromatic heterocycles. The molecule has 2 amide bonds. The summed E-state index contributed by atoms with van der Waals surface area (Å²) >= 11 is 0. The second-order valence-electron chi connectivity index (χ2n) is 7.73. The third kappa shape index (κ3) is 8.49. The minimum atomic E-state index is -1.15. The fraction of sp³-hybridized carbons (Fsp3) is 0.375. The van der Waals surface area contributed by atoms with E-state index in [9.17, 15) is 19.5 Å². The van der Waals surface area contributed by atoms with Crippen molar-refractivity contribution in [2.45, 2.75) is 50.2 Å². The molecule has 7 N–H and O–H groups in total. The fourth-order valence-corrected chi connectivity index (χ4v) is 3.30. The number of hydrogen-bond acceptors (Lipinski definition) is 5. The van der Waals surface area contributed by atoms with Gasteiger partial charge in [0, 0.05) is 12.8 Å². The zero-order chi connectivity index (χ0) is 23.3. The van der Waals surface area contributed by atoms with Crippen molar-refractivity contribution in [1.82, 2.24) is 10.6 Å². The van der Waals surface area contributed by atoms with Gasteiger partial charge in [-0.1, -0.05) is 67.1 Å². The molecule has 0 spiro atoms. The van der Waals surface area contributed by atoms with Crippen molar-refractivity contribution < 1.29 is 19.5 Å². The molecule has 172 valence electrons. The molecule has 2 aromatic rings. The number of amides is 2. The lowest BCUT2D eigenvalue weighted by Crippen LogP contribution is -2.55. The van der Waals surface area contributed by atoms with Crippen molar-refractivity contribution in [2.75, 3.05) is 6.54 Å². The number of unbranched alkanes of at least 4 members (excludes halogenated alkanes) is 1. The molecule has 0 bridgehead atoms. The Morgan fingerprint density at radius 3 is 1.78 bits per heavy atom. The van der Waals surface area contributed by atoms with Gasteiger partial charge < -0.3 is 27.2 Å². The highest BCUT2D eigenvalue weighted by molar-refractivity contribution is 5.92. The van der Waals surface area contributed by atoms with Crippen LogP contribution in [0.1, 0.15) is 30.4 Å². The summed E-state index contributed by atoms with van der Waals surface area (Å²) in [5, 5.41) is 14.9. The molecule has 2 aromatic carbocycles. The van der Waals surface area contributed by atoms with Crippen molar-refractivity contribution >= 4 is 17.8 Å². The molecule has 0 saturated heterocycles. The number of nitrogens with one attached hydrogen (secondary N) is 2. The molecule has 0 aliphatic heterocycles. The van der Waals surface area contributed by atoms with Gasteiger partial charge in [-0.2, -0.15) is 0 Å². The average molecular weight is 441 g/mol. The van der Waals surface area contributed by atoms with E-state index in [1.165, 1.54) is 0 Å². The number of carbonyl (C=O) groups is 3. The second kappa shape index (κ2) is 13.2. The largest absolute Gasteiger partial charge is 0.480 e. The van der Waals surface area contributed by atoms with E-state index < -0.39 is 35.9 Å². The molecule has 0 heterocycles. The summed E-state index contributed by atoms with van der Waals surface area (Å²) < 4.78 is 0. The van der Waals surface area contributed by atoms with Crippen molar-refractivity contribution in [3.8, 4) is 0 Å². The molecular weight excluding hydrogens is 408 g/mol. The molecule has 8 heteroatoms. The number of aliphatic carboxylic acids is 1. The van der Waals surface area contributed by atoms with Gasteiger partial charge in [0.15, 0.2) is 0 Å². The highest BCUT2D eigenvalue weighted by Gasteiger charge is 2.28. The Morgan fingerprint density at radius 2 is 1.28 bits per heavy atom. The van der Waals surface area contributed by atoms with Crippen LogP contribution in [0.4, 0.5) is 0 Å². The number of hydrogen-bond donors (Lipinski definition) is 5. The molecule has 32 heavy (non-hydrogen) atoms. The van der Waals surface area contributed by atoms with Crippen molar-refractivity contribution in [1.29, 1.82) is 0 Å². The van der Waals surface area contributed by atoms with Crippen LogP contribution in [0, 0.1) is 0 Å². The Kier molecular flexibility index (Phi) is 10.4. The average Bonchev–Trinajstić information content (AvgIpc) is 2.79. The topological polar surface area (TPSA) is 148 Å². The van der Waals surface area contributed by atoms with Gasteiger partial charge in [-0.15, -0.1) is 0 Å². The van der Waals surface area contributed by atoms with Gasteiger partial charge >= 0.3 is 5.97 Å². The lowest BCUT2D eigenvalue weighted by Gasteiger charge is -2.23. The van der Waals surface area contributed by atoms with Gasteiger partial charge in [0.2, 0.25) is 11.8 Å². The predicted molar refractivity (Wildman–Crippen MR) is 123 cm³/mol. The van der Waals surface area contributed by atoms with Crippen LogP contribution in [0.2, 0.25) is 0 Å². The molecule has 2 rings (SSSR count). The van der Waals surface area contributed by atoms with Crippen LogP contribution in [0.25, 0.3) is 0 Å². The van der Waals surface area contributed by atoms with Crippen LogP contribution < -0.4 is 22.1 Å². The quantitative estimate of drug-likeness (QED) is 0.293. The van der Waals surface area contributed by atoms with Gasteiger partial charge in [0.25, 0.3) is 0 Å². The van der Waals surface area contributed by atoms with Crippen LogP contribution in [0.3, 0.4) is 0 Å². The Morgan fingerprint density at radius 1 is 0.781 bits per heavy atom. The van der Waals surface area contributed by atoms with E-state index in [4.69, 9.17) is 11.5 Å². The first kappa shape index (κ1) is 25.0. The van der Waals surface area contributed by atoms with E-state index in [0.29, 0.717) is 19.4 Å². The van der Waals surface area contributed by atoms with Gasteiger partial charge in [0.1, 0.15) is 12.1 Å². The van der Waals surface area contributed by atoms with Gasteiger partial charge in [-0.3, -0.25) is 9.59 Å². The second-order valence-corrected chi connectivity index (χ2v) is 7.73. The highest BCUT2D eigenvalue weighted by Crippen LogP contribution is 2.08. The number of nitrogens with two attached hydrogens (primary N) is 2. The zero-order valence-electron chi connectivity index (χ0n) is 18.1. The third-order valence-electron chi connectivity index (χ3n) is 5.12. The Labute approximate surface area is 188 Å². The molecule has 0 aliphatic rings. The molecule has 3 atom stereocenters. The maximum Gasteiger partial charge on any atom is 0.326 e. The Hall–Kier alpha value is -3.23. The van der Waals surface area contributed by atoms with E-state index in [0.717, 1.165) is 17.5 Å². The molecule has 0 aliphatic carbocycles. The third-order valence-corrected chi connectivity index (χ3v) is 5.12. The number of carbonyl (C=O) groups excluding carboxylic acids is 2. The summed E-state index contributed by atoms with van der Waals surface area (Å²) in [4.78, 5) is 37.4. The van der Waals surface area contributed by atoms with E-state index in [1.54, 1.807) is 24.3 Å². The summed E-state index contributed by atoms with van der Waals surface area (Å²) in [7, 11) is 0. The number of rotatable bonds is 13. The Bertz CT molecular complexity index is 861. The first-order valence-corrected chi connectivity index (χ1v) is 10.8. The van der Waals surface area contributed by atoms with Crippen LogP contribution >= 0.6 is 0 Å². The zero-order valence-corrected chi connectivity index (χ0v) is 18.1. The first-order valence-electron chi connectivity index (χ1n) is 10.8. The van der Waals surface area contributed by atoms with E-state index in [2.05, 4.69) is 10.6 Å². The van der Waals surface area contributed by atoms with Crippen LogP contribution in [0.5, 0.6) is 0 Å². The van der Waals surface area contributed by atoms with Gasteiger partial charge in [-0.25, -0.2) is 4.79 Å². The van der Waals surface area contributed by atoms with E-state index >= 15 is 0 Å².